The number of hydrogen-bond donors (Lipinski definition) is 3. The summed E-state index contributed by atoms with van der Waals surface area (Å²) < 4.78 is 0. The Balaban J connectivity index is 2.01. The summed E-state index contributed by atoms with van der Waals surface area (Å²) in [7, 11) is 0. The van der Waals surface area contributed by atoms with Crippen molar-refractivity contribution in [2.24, 2.45) is 0 Å². The van der Waals surface area contributed by atoms with Crippen LogP contribution in [0.25, 0.3) is 6.08 Å². The molecule has 5 heteroatoms. The molecule has 0 heterocycles. The van der Waals surface area contributed by atoms with Gasteiger partial charge in [-0.2, -0.15) is 0 Å². The average molecular weight is 282 g/mol. The summed E-state index contributed by atoms with van der Waals surface area (Å²) in [6.45, 7) is 0. The zero-order chi connectivity index (χ0) is 15.1. The van der Waals surface area contributed by atoms with Crippen LogP contribution in [0, 0.1) is 0 Å². The topological polar surface area (TPSA) is 78.4 Å². The van der Waals surface area contributed by atoms with Crippen molar-refractivity contribution in [1.29, 1.82) is 0 Å². The number of nitrogens with one attached hydrogen (secondary N) is 2. The number of amides is 2. The Morgan fingerprint density at radius 2 is 1.62 bits per heavy atom. The number of anilines is 1. The number of hydrogen-bond acceptors (Lipinski definition) is 3. The zero-order valence-electron chi connectivity index (χ0n) is 11.1. The fourth-order valence-electron chi connectivity index (χ4n) is 1.68. The summed E-state index contributed by atoms with van der Waals surface area (Å²) in [5.74, 6) is -0.782. The summed E-state index contributed by atoms with van der Waals surface area (Å²) in [5.41, 5.74) is 3.53. The lowest BCUT2D eigenvalue weighted by Crippen LogP contribution is -2.14. The molecule has 0 aliphatic carbocycles. The molecule has 0 aliphatic heterocycles. The Labute approximate surface area is 121 Å². The quantitative estimate of drug-likeness (QED) is 0.458. The van der Waals surface area contributed by atoms with E-state index in [2.05, 4.69) is 5.32 Å². The zero-order valence-corrected chi connectivity index (χ0v) is 11.1. The molecule has 2 aromatic carbocycles. The van der Waals surface area contributed by atoms with Crippen molar-refractivity contribution in [3.63, 3.8) is 0 Å². The van der Waals surface area contributed by atoms with Crippen molar-refractivity contribution in [3.05, 3.63) is 71.8 Å². The van der Waals surface area contributed by atoms with Crippen LogP contribution in [0.3, 0.4) is 0 Å². The fourth-order valence-corrected chi connectivity index (χ4v) is 1.68. The van der Waals surface area contributed by atoms with E-state index in [9.17, 15) is 9.59 Å². The Kier molecular flexibility index (Phi) is 4.84. The van der Waals surface area contributed by atoms with Gasteiger partial charge in [0.15, 0.2) is 0 Å². The highest BCUT2D eigenvalue weighted by atomic mass is 16.5. The third-order valence-electron chi connectivity index (χ3n) is 2.74. The van der Waals surface area contributed by atoms with Crippen molar-refractivity contribution < 1.29 is 14.8 Å². The van der Waals surface area contributed by atoms with E-state index in [0.717, 1.165) is 5.56 Å². The molecule has 0 bridgehead atoms. The van der Waals surface area contributed by atoms with E-state index >= 15 is 0 Å². The molecule has 0 atom stereocenters. The molecule has 0 aliphatic rings. The molecule has 2 amide bonds. The fraction of sp³-hybridized carbons (Fsp3) is 0. The first-order valence-electron chi connectivity index (χ1n) is 6.27. The molecular weight excluding hydrogens is 268 g/mol. The van der Waals surface area contributed by atoms with Crippen LogP contribution in [-0.2, 0) is 4.79 Å². The van der Waals surface area contributed by atoms with Crippen molar-refractivity contribution in [1.82, 2.24) is 5.48 Å². The summed E-state index contributed by atoms with van der Waals surface area (Å²) >= 11 is 0. The number of carbonyl (C=O) groups is 2. The van der Waals surface area contributed by atoms with Crippen LogP contribution in [0.1, 0.15) is 15.9 Å². The van der Waals surface area contributed by atoms with Crippen molar-refractivity contribution in [3.8, 4) is 0 Å². The molecule has 5 nitrogen and oxygen atoms in total. The lowest BCUT2D eigenvalue weighted by atomic mass is 10.1. The van der Waals surface area contributed by atoms with Crippen LogP contribution >= 0.6 is 0 Å². The minimum atomic E-state index is -0.601. The Hall–Kier alpha value is -2.92. The van der Waals surface area contributed by atoms with E-state index in [0.29, 0.717) is 11.3 Å². The second-order valence-electron chi connectivity index (χ2n) is 4.25. The van der Waals surface area contributed by atoms with Gasteiger partial charge in [-0.05, 0) is 35.9 Å². The molecule has 0 aromatic heterocycles. The van der Waals surface area contributed by atoms with Gasteiger partial charge in [-0.25, -0.2) is 5.48 Å². The summed E-state index contributed by atoms with van der Waals surface area (Å²) in [6.07, 6.45) is 2.76. The maximum absolute atomic E-state index is 11.9. The van der Waals surface area contributed by atoms with Crippen LogP contribution in [0.5, 0.6) is 0 Å². The summed E-state index contributed by atoms with van der Waals surface area (Å²) in [5, 5.41) is 11.1. The molecular formula is C16H14N2O3. The first-order chi connectivity index (χ1) is 10.2. The molecule has 0 radical (unpaired) electrons. The van der Waals surface area contributed by atoms with Crippen LogP contribution in [-0.4, -0.2) is 17.0 Å². The van der Waals surface area contributed by atoms with Gasteiger partial charge >= 0.3 is 0 Å². The smallest absolute Gasteiger partial charge is 0.267 e. The molecule has 0 unspecified atom stereocenters. The highest BCUT2D eigenvalue weighted by Crippen LogP contribution is 2.12. The molecule has 2 rings (SSSR count). The van der Waals surface area contributed by atoms with E-state index in [1.165, 1.54) is 11.6 Å². The first kappa shape index (κ1) is 14.5. The van der Waals surface area contributed by atoms with Crippen LogP contribution in [0.2, 0.25) is 0 Å². The predicted octanol–water partition coefficient (Wildman–Crippen LogP) is 2.46. The molecule has 0 spiro atoms. The van der Waals surface area contributed by atoms with Gasteiger partial charge in [0.25, 0.3) is 11.8 Å². The number of hydroxylamine groups is 1. The van der Waals surface area contributed by atoms with Crippen LogP contribution in [0.4, 0.5) is 5.69 Å². The van der Waals surface area contributed by atoms with Gasteiger partial charge in [0, 0.05) is 17.3 Å². The molecule has 2 aromatic rings. The van der Waals surface area contributed by atoms with Crippen LogP contribution < -0.4 is 10.8 Å². The second-order valence-corrected chi connectivity index (χ2v) is 4.25. The van der Waals surface area contributed by atoms with Gasteiger partial charge in [0.2, 0.25) is 0 Å². The molecule has 21 heavy (non-hydrogen) atoms. The maximum Gasteiger partial charge on any atom is 0.267 e. The second kappa shape index (κ2) is 7.02. The molecule has 0 fully saturated rings. The average Bonchev–Trinajstić information content (AvgIpc) is 2.54. The summed E-state index contributed by atoms with van der Waals surface area (Å²) in [4.78, 5) is 22.8. The van der Waals surface area contributed by atoms with E-state index < -0.39 is 5.91 Å². The van der Waals surface area contributed by atoms with Crippen molar-refractivity contribution in [2.45, 2.75) is 0 Å². The third kappa shape index (κ3) is 4.29. The normalized spacial score (nSPS) is 10.3. The highest BCUT2D eigenvalue weighted by Gasteiger charge is 2.04. The minimum absolute atomic E-state index is 0.182. The number of rotatable bonds is 4. The van der Waals surface area contributed by atoms with Gasteiger partial charge < -0.3 is 5.32 Å². The predicted molar refractivity (Wildman–Crippen MR) is 79.8 cm³/mol. The van der Waals surface area contributed by atoms with Crippen molar-refractivity contribution in [2.75, 3.05) is 5.32 Å². The maximum atomic E-state index is 11.9. The minimum Gasteiger partial charge on any atom is -0.322 e. The van der Waals surface area contributed by atoms with Gasteiger partial charge in [-0.15, -0.1) is 0 Å². The SMILES string of the molecule is O=C(/C=C/c1ccc(NC(=O)c2ccccc2)cc1)NO. The lowest BCUT2D eigenvalue weighted by molar-refractivity contribution is -0.124. The Bertz CT molecular complexity index is 649. The molecule has 0 saturated heterocycles. The highest BCUT2D eigenvalue weighted by molar-refractivity contribution is 6.04. The lowest BCUT2D eigenvalue weighted by Gasteiger charge is -2.05. The molecule has 106 valence electrons. The van der Waals surface area contributed by atoms with E-state index in [1.54, 1.807) is 54.6 Å². The molecule has 0 saturated carbocycles. The van der Waals surface area contributed by atoms with Gasteiger partial charge in [0.05, 0.1) is 0 Å². The Morgan fingerprint density at radius 3 is 2.24 bits per heavy atom. The van der Waals surface area contributed by atoms with E-state index in [4.69, 9.17) is 5.21 Å². The van der Waals surface area contributed by atoms with Crippen LogP contribution in [0.15, 0.2) is 60.7 Å². The largest absolute Gasteiger partial charge is 0.322 e. The van der Waals surface area contributed by atoms with Crippen molar-refractivity contribution >= 4 is 23.6 Å². The number of carbonyl (C=O) groups excluding carboxylic acids is 2. The van der Waals surface area contributed by atoms with Gasteiger partial charge in [0.1, 0.15) is 0 Å². The standard InChI is InChI=1S/C16H14N2O3/c19-15(18-21)11-8-12-6-9-14(10-7-12)17-16(20)13-4-2-1-3-5-13/h1-11,21H,(H,17,20)(H,18,19)/b11-8+. The third-order valence-corrected chi connectivity index (χ3v) is 2.74. The van der Waals surface area contributed by atoms with Gasteiger partial charge in [-0.3, -0.25) is 14.8 Å². The molecule has 3 N–H and O–H groups in total. The Morgan fingerprint density at radius 1 is 0.952 bits per heavy atom. The number of benzene rings is 2. The monoisotopic (exact) mass is 282 g/mol. The van der Waals surface area contributed by atoms with Gasteiger partial charge in [-0.1, -0.05) is 30.3 Å². The van der Waals surface area contributed by atoms with E-state index in [1.807, 2.05) is 6.07 Å². The summed E-state index contributed by atoms with van der Waals surface area (Å²) in [6, 6.07) is 15.9. The first-order valence-corrected chi connectivity index (χ1v) is 6.27. The van der Waals surface area contributed by atoms with E-state index in [-0.39, 0.29) is 5.91 Å².